The minimum atomic E-state index is 0.124. The first-order valence-corrected chi connectivity index (χ1v) is 8.31. The van der Waals surface area contributed by atoms with Crippen molar-refractivity contribution >= 4 is 5.91 Å². The Kier molecular flexibility index (Phi) is 5.31. The third-order valence-corrected chi connectivity index (χ3v) is 4.05. The first-order valence-electron chi connectivity index (χ1n) is 8.31. The second-order valence-electron chi connectivity index (χ2n) is 5.89. The maximum atomic E-state index is 12.8. The molecule has 3 rings (SSSR count). The predicted molar refractivity (Wildman–Crippen MR) is 90.8 cm³/mol. The van der Waals surface area contributed by atoms with Gasteiger partial charge in [0.25, 0.3) is 0 Å². The van der Waals surface area contributed by atoms with Gasteiger partial charge in [0.15, 0.2) is 11.5 Å². The molecule has 1 aromatic carbocycles. The third kappa shape index (κ3) is 4.04. The molecule has 0 saturated heterocycles. The van der Waals surface area contributed by atoms with Gasteiger partial charge in [-0.2, -0.15) is 0 Å². The van der Waals surface area contributed by atoms with Crippen LogP contribution in [0.5, 0.6) is 11.5 Å². The highest BCUT2D eigenvalue weighted by atomic mass is 16.7. The fraction of sp³-hybridized carbons (Fsp3) is 0.368. The van der Waals surface area contributed by atoms with Crippen molar-refractivity contribution in [2.45, 2.75) is 32.7 Å². The van der Waals surface area contributed by atoms with E-state index in [1.807, 2.05) is 35.2 Å². The van der Waals surface area contributed by atoms with Gasteiger partial charge in [-0.3, -0.25) is 9.78 Å². The van der Waals surface area contributed by atoms with Gasteiger partial charge < -0.3 is 14.4 Å². The number of nitrogens with zero attached hydrogens (tertiary/aromatic N) is 2. The van der Waals surface area contributed by atoms with Gasteiger partial charge in [0.05, 0.1) is 6.42 Å². The Morgan fingerprint density at radius 3 is 2.71 bits per heavy atom. The van der Waals surface area contributed by atoms with Crippen molar-refractivity contribution in [3.05, 3.63) is 53.9 Å². The van der Waals surface area contributed by atoms with Gasteiger partial charge in [-0.05, 0) is 41.8 Å². The van der Waals surface area contributed by atoms with Gasteiger partial charge >= 0.3 is 0 Å². The second kappa shape index (κ2) is 7.81. The Morgan fingerprint density at radius 2 is 1.92 bits per heavy atom. The summed E-state index contributed by atoms with van der Waals surface area (Å²) < 4.78 is 10.7. The number of hydrogen-bond acceptors (Lipinski definition) is 4. The first-order chi connectivity index (χ1) is 11.8. The number of benzene rings is 1. The molecular weight excluding hydrogens is 304 g/mol. The van der Waals surface area contributed by atoms with Crippen molar-refractivity contribution in [2.24, 2.45) is 0 Å². The zero-order valence-electron chi connectivity index (χ0n) is 13.9. The number of pyridine rings is 1. The van der Waals surface area contributed by atoms with Crippen molar-refractivity contribution < 1.29 is 14.3 Å². The van der Waals surface area contributed by atoms with E-state index in [1.54, 1.807) is 12.4 Å². The largest absolute Gasteiger partial charge is 0.454 e. The van der Waals surface area contributed by atoms with Crippen LogP contribution < -0.4 is 9.47 Å². The van der Waals surface area contributed by atoms with Crippen LogP contribution in [0.25, 0.3) is 0 Å². The lowest BCUT2D eigenvalue weighted by Crippen LogP contribution is -2.32. The zero-order chi connectivity index (χ0) is 16.8. The summed E-state index contributed by atoms with van der Waals surface area (Å²) in [5.74, 6) is 1.58. The molecule has 0 bridgehead atoms. The third-order valence-electron chi connectivity index (χ3n) is 4.05. The van der Waals surface area contributed by atoms with Crippen molar-refractivity contribution in [1.29, 1.82) is 0 Å². The summed E-state index contributed by atoms with van der Waals surface area (Å²) in [4.78, 5) is 18.7. The van der Waals surface area contributed by atoms with E-state index in [2.05, 4.69) is 11.9 Å². The Hall–Kier alpha value is -2.56. The summed E-state index contributed by atoms with van der Waals surface area (Å²) in [5.41, 5.74) is 2.04. The molecule has 1 aromatic heterocycles. The molecule has 126 valence electrons. The number of unbranched alkanes of at least 4 members (excludes halogenated alkanes) is 1. The molecule has 1 aliphatic heterocycles. The highest BCUT2D eigenvalue weighted by Crippen LogP contribution is 2.32. The van der Waals surface area contributed by atoms with Gasteiger partial charge in [-0.1, -0.05) is 19.4 Å². The topological polar surface area (TPSA) is 51.7 Å². The van der Waals surface area contributed by atoms with E-state index in [0.717, 1.165) is 42.0 Å². The van der Waals surface area contributed by atoms with E-state index < -0.39 is 0 Å². The lowest BCUT2D eigenvalue weighted by Gasteiger charge is -2.23. The average Bonchev–Trinajstić information content (AvgIpc) is 3.07. The Labute approximate surface area is 142 Å². The minimum absolute atomic E-state index is 0.124. The number of amides is 1. The standard InChI is InChI=1S/C19H22N2O3/c1-2-3-10-21(13-15-6-8-20-9-7-15)19(22)12-16-4-5-17-18(11-16)24-14-23-17/h4-9,11H,2-3,10,12-14H2,1H3. The van der Waals surface area contributed by atoms with E-state index in [9.17, 15) is 4.79 Å². The number of rotatable bonds is 7. The molecule has 0 saturated carbocycles. The zero-order valence-corrected chi connectivity index (χ0v) is 13.9. The molecule has 2 heterocycles. The Balaban J connectivity index is 1.68. The van der Waals surface area contributed by atoms with Gasteiger partial charge in [0.1, 0.15) is 0 Å². The summed E-state index contributed by atoms with van der Waals surface area (Å²) in [6.45, 7) is 3.76. The van der Waals surface area contributed by atoms with Crippen LogP contribution >= 0.6 is 0 Å². The predicted octanol–water partition coefficient (Wildman–Crippen LogP) is 3.18. The number of aromatic nitrogens is 1. The Bertz CT molecular complexity index is 688. The van der Waals surface area contributed by atoms with Crippen molar-refractivity contribution in [3.8, 4) is 11.5 Å². The summed E-state index contributed by atoms with van der Waals surface area (Å²) in [5, 5.41) is 0. The molecular formula is C19H22N2O3. The van der Waals surface area contributed by atoms with Crippen molar-refractivity contribution in [2.75, 3.05) is 13.3 Å². The molecule has 1 aliphatic rings. The van der Waals surface area contributed by atoms with Crippen LogP contribution in [-0.2, 0) is 17.8 Å². The van der Waals surface area contributed by atoms with Gasteiger partial charge in [-0.25, -0.2) is 0 Å². The van der Waals surface area contributed by atoms with Gasteiger partial charge in [0, 0.05) is 25.5 Å². The summed E-state index contributed by atoms with van der Waals surface area (Å²) in [7, 11) is 0. The van der Waals surface area contributed by atoms with Crippen LogP contribution in [0.1, 0.15) is 30.9 Å². The van der Waals surface area contributed by atoms with Crippen LogP contribution in [0, 0.1) is 0 Å². The van der Waals surface area contributed by atoms with Gasteiger partial charge in [0.2, 0.25) is 12.7 Å². The van der Waals surface area contributed by atoms with Crippen LogP contribution in [0.3, 0.4) is 0 Å². The molecule has 0 radical (unpaired) electrons. The number of hydrogen-bond donors (Lipinski definition) is 0. The van der Waals surface area contributed by atoms with Gasteiger partial charge in [-0.15, -0.1) is 0 Å². The summed E-state index contributed by atoms with van der Waals surface area (Å²) in [6.07, 6.45) is 5.94. The number of carbonyl (C=O) groups excluding carboxylic acids is 1. The smallest absolute Gasteiger partial charge is 0.231 e. The highest BCUT2D eigenvalue weighted by Gasteiger charge is 2.17. The minimum Gasteiger partial charge on any atom is -0.454 e. The van der Waals surface area contributed by atoms with Crippen LogP contribution in [0.2, 0.25) is 0 Å². The van der Waals surface area contributed by atoms with E-state index >= 15 is 0 Å². The van der Waals surface area contributed by atoms with Crippen LogP contribution in [0.4, 0.5) is 0 Å². The van der Waals surface area contributed by atoms with E-state index in [1.165, 1.54) is 0 Å². The summed E-state index contributed by atoms with van der Waals surface area (Å²) >= 11 is 0. The lowest BCUT2D eigenvalue weighted by molar-refractivity contribution is -0.131. The molecule has 0 N–H and O–H groups in total. The molecule has 2 aromatic rings. The first kappa shape index (κ1) is 16.3. The lowest BCUT2D eigenvalue weighted by atomic mass is 10.1. The molecule has 0 fully saturated rings. The number of carbonyl (C=O) groups is 1. The van der Waals surface area contributed by atoms with Crippen LogP contribution in [0.15, 0.2) is 42.7 Å². The summed E-state index contributed by atoms with van der Waals surface area (Å²) in [6, 6.07) is 9.59. The molecule has 5 heteroatoms. The van der Waals surface area contributed by atoms with E-state index in [0.29, 0.717) is 13.0 Å². The molecule has 5 nitrogen and oxygen atoms in total. The molecule has 24 heavy (non-hydrogen) atoms. The molecule has 0 unspecified atom stereocenters. The van der Waals surface area contributed by atoms with E-state index in [-0.39, 0.29) is 12.7 Å². The van der Waals surface area contributed by atoms with Crippen molar-refractivity contribution in [1.82, 2.24) is 9.88 Å². The second-order valence-corrected chi connectivity index (χ2v) is 5.89. The Morgan fingerprint density at radius 1 is 1.12 bits per heavy atom. The van der Waals surface area contributed by atoms with Crippen LogP contribution in [-0.4, -0.2) is 29.1 Å². The maximum Gasteiger partial charge on any atom is 0.231 e. The number of fused-ring (bicyclic) bond motifs is 1. The fourth-order valence-electron chi connectivity index (χ4n) is 2.69. The number of ether oxygens (including phenoxy) is 2. The average molecular weight is 326 g/mol. The van der Waals surface area contributed by atoms with E-state index in [4.69, 9.17) is 9.47 Å². The maximum absolute atomic E-state index is 12.8. The quantitative estimate of drug-likeness (QED) is 0.784. The normalized spacial score (nSPS) is 12.2. The monoisotopic (exact) mass is 326 g/mol. The molecule has 0 atom stereocenters. The molecule has 1 amide bonds. The molecule has 0 aliphatic carbocycles. The molecule has 0 spiro atoms. The SMILES string of the molecule is CCCCN(Cc1ccncc1)C(=O)Cc1ccc2c(c1)OCO2. The fourth-order valence-corrected chi connectivity index (χ4v) is 2.69. The highest BCUT2D eigenvalue weighted by molar-refractivity contribution is 5.79. The van der Waals surface area contributed by atoms with Crippen molar-refractivity contribution in [3.63, 3.8) is 0 Å².